The van der Waals surface area contributed by atoms with E-state index in [1.165, 1.54) is 25.7 Å². The summed E-state index contributed by atoms with van der Waals surface area (Å²) in [7, 11) is 2.11. The fourth-order valence-corrected chi connectivity index (χ4v) is 2.69. The standard InChI is InChI=1S/C14H22N4/c1-10-4-3-5-12(8-10)18(2)13-7-6-11(9-17-13)14(15)16/h6-7,9-10,12H,3-5,8H2,1-2H3,(H3,15,16). The Morgan fingerprint density at radius 1 is 1.44 bits per heavy atom. The Morgan fingerprint density at radius 2 is 2.22 bits per heavy atom. The van der Waals surface area contributed by atoms with Gasteiger partial charge in [0.1, 0.15) is 11.7 Å². The molecule has 0 spiro atoms. The summed E-state index contributed by atoms with van der Waals surface area (Å²) in [5.41, 5.74) is 6.12. The van der Waals surface area contributed by atoms with Crippen molar-refractivity contribution in [2.24, 2.45) is 11.7 Å². The van der Waals surface area contributed by atoms with Gasteiger partial charge in [-0.1, -0.05) is 19.8 Å². The smallest absolute Gasteiger partial charge is 0.128 e. The van der Waals surface area contributed by atoms with E-state index >= 15 is 0 Å². The first-order chi connectivity index (χ1) is 8.58. The Hall–Kier alpha value is -1.58. The van der Waals surface area contributed by atoms with Crippen molar-refractivity contribution in [1.29, 1.82) is 5.41 Å². The van der Waals surface area contributed by atoms with Crippen LogP contribution < -0.4 is 10.6 Å². The van der Waals surface area contributed by atoms with Crippen molar-refractivity contribution in [3.05, 3.63) is 23.9 Å². The molecule has 0 amide bonds. The average Bonchev–Trinajstić information content (AvgIpc) is 2.38. The SMILES string of the molecule is CC1CCCC(N(C)c2ccc(C(=N)N)cn2)C1. The summed E-state index contributed by atoms with van der Waals surface area (Å²) in [4.78, 5) is 6.67. The minimum atomic E-state index is 0.0722. The highest BCUT2D eigenvalue weighted by Crippen LogP contribution is 2.28. The molecule has 1 aromatic heterocycles. The summed E-state index contributed by atoms with van der Waals surface area (Å²) in [5, 5.41) is 7.36. The van der Waals surface area contributed by atoms with Gasteiger partial charge in [-0.05, 0) is 30.9 Å². The fourth-order valence-electron chi connectivity index (χ4n) is 2.69. The van der Waals surface area contributed by atoms with E-state index in [0.717, 1.165) is 11.7 Å². The van der Waals surface area contributed by atoms with Gasteiger partial charge in [0.05, 0.1) is 0 Å². The molecular formula is C14H22N4. The van der Waals surface area contributed by atoms with Crippen molar-refractivity contribution in [2.75, 3.05) is 11.9 Å². The highest BCUT2D eigenvalue weighted by atomic mass is 15.2. The van der Waals surface area contributed by atoms with Gasteiger partial charge in [0.25, 0.3) is 0 Å². The molecule has 0 aliphatic heterocycles. The summed E-state index contributed by atoms with van der Waals surface area (Å²) < 4.78 is 0. The topological polar surface area (TPSA) is 66.0 Å². The van der Waals surface area contributed by atoms with Crippen LogP contribution in [0.4, 0.5) is 5.82 Å². The van der Waals surface area contributed by atoms with E-state index in [0.29, 0.717) is 11.6 Å². The minimum absolute atomic E-state index is 0.0722. The number of nitrogens with zero attached hydrogens (tertiary/aromatic N) is 2. The number of anilines is 1. The van der Waals surface area contributed by atoms with Gasteiger partial charge in [-0.2, -0.15) is 0 Å². The van der Waals surface area contributed by atoms with Crippen molar-refractivity contribution in [1.82, 2.24) is 4.98 Å². The molecule has 18 heavy (non-hydrogen) atoms. The first-order valence-corrected chi connectivity index (χ1v) is 6.61. The summed E-state index contributed by atoms with van der Waals surface area (Å²) in [6.45, 7) is 2.33. The van der Waals surface area contributed by atoms with E-state index in [-0.39, 0.29) is 5.84 Å². The Kier molecular flexibility index (Phi) is 3.84. The van der Waals surface area contributed by atoms with Crippen molar-refractivity contribution < 1.29 is 0 Å². The minimum Gasteiger partial charge on any atom is -0.384 e. The van der Waals surface area contributed by atoms with Crippen molar-refractivity contribution in [3.8, 4) is 0 Å². The number of rotatable bonds is 3. The van der Waals surface area contributed by atoms with Crippen molar-refractivity contribution >= 4 is 11.7 Å². The number of hydrogen-bond donors (Lipinski definition) is 2. The number of amidine groups is 1. The Morgan fingerprint density at radius 3 is 2.78 bits per heavy atom. The molecule has 3 N–H and O–H groups in total. The molecule has 0 aromatic carbocycles. The molecule has 4 heteroatoms. The van der Waals surface area contributed by atoms with Gasteiger partial charge in [-0.25, -0.2) is 4.98 Å². The molecular weight excluding hydrogens is 224 g/mol. The van der Waals surface area contributed by atoms with Crippen LogP contribution in [0.3, 0.4) is 0 Å². The van der Waals surface area contributed by atoms with Crippen LogP contribution in [0.25, 0.3) is 0 Å². The lowest BCUT2D eigenvalue weighted by Gasteiger charge is -2.34. The van der Waals surface area contributed by atoms with Crippen LogP contribution in [0.2, 0.25) is 0 Å². The maximum Gasteiger partial charge on any atom is 0.128 e. The average molecular weight is 246 g/mol. The van der Waals surface area contributed by atoms with Gasteiger partial charge >= 0.3 is 0 Å². The lowest BCUT2D eigenvalue weighted by Crippen LogP contribution is -2.36. The number of aromatic nitrogens is 1. The molecule has 1 heterocycles. The lowest BCUT2D eigenvalue weighted by atomic mass is 9.86. The summed E-state index contributed by atoms with van der Waals surface area (Å²) in [6, 6.07) is 4.41. The van der Waals surface area contributed by atoms with Gasteiger partial charge in [0, 0.05) is 24.8 Å². The zero-order chi connectivity index (χ0) is 13.1. The van der Waals surface area contributed by atoms with Crippen LogP contribution in [0, 0.1) is 11.3 Å². The Labute approximate surface area is 109 Å². The van der Waals surface area contributed by atoms with Crippen molar-refractivity contribution in [3.63, 3.8) is 0 Å². The summed E-state index contributed by atoms with van der Waals surface area (Å²) in [5.74, 6) is 1.85. The predicted molar refractivity (Wildman–Crippen MR) is 75.1 cm³/mol. The van der Waals surface area contributed by atoms with Gasteiger partial charge in [0.2, 0.25) is 0 Å². The Bertz CT molecular complexity index is 412. The van der Waals surface area contributed by atoms with Crippen LogP contribution in [0.1, 0.15) is 38.2 Å². The number of nitrogen functional groups attached to an aromatic ring is 1. The van der Waals surface area contributed by atoms with Gasteiger partial charge in [-0.3, -0.25) is 5.41 Å². The molecule has 1 saturated carbocycles. The zero-order valence-electron chi connectivity index (χ0n) is 11.2. The second kappa shape index (κ2) is 5.38. The first kappa shape index (κ1) is 12.9. The predicted octanol–water partition coefficient (Wildman–Crippen LogP) is 2.38. The molecule has 1 aliphatic carbocycles. The molecule has 2 atom stereocenters. The van der Waals surface area contributed by atoms with Gasteiger partial charge in [0.15, 0.2) is 0 Å². The third-order valence-corrected chi connectivity index (χ3v) is 3.88. The van der Waals surface area contributed by atoms with Gasteiger partial charge < -0.3 is 10.6 Å². The quantitative estimate of drug-likeness (QED) is 0.635. The number of pyridine rings is 1. The normalized spacial score (nSPS) is 23.7. The number of hydrogen-bond acceptors (Lipinski definition) is 3. The number of nitrogens with one attached hydrogen (secondary N) is 1. The molecule has 0 radical (unpaired) electrons. The number of nitrogens with two attached hydrogens (primary N) is 1. The second-order valence-corrected chi connectivity index (χ2v) is 5.36. The summed E-state index contributed by atoms with van der Waals surface area (Å²) in [6.07, 6.45) is 6.83. The molecule has 0 bridgehead atoms. The zero-order valence-corrected chi connectivity index (χ0v) is 11.2. The largest absolute Gasteiger partial charge is 0.384 e. The maximum absolute atomic E-state index is 7.36. The van der Waals surface area contributed by atoms with E-state index in [1.807, 2.05) is 12.1 Å². The molecule has 1 aromatic rings. The highest BCUT2D eigenvalue weighted by molar-refractivity contribution is 5.94. The monoisotopic (exact) mass is 246 g/mol. The molecule has 1 fully saturated rings. The van der Waals surface area contributed by atoms with Crippen LogP contribution in [-0.4, -0.2) is 23.9 Å². The molecule has 4 nitrogen and oxygen atoms in total. The third-order valence-electron chi connectivity index (χ3n) is 3.88. The van der Waals surface area contributed by atoms with E-state index in [2.05, 4.69) is 23.9 Å². The van der Waals surface area contributed by atoms with Crippen LogP contribution in [0.15, 0.2) is 18.3 Å². The maximum atomic E-state index is 7.36. The van der Waals surface area contributed by atoms with E-state index in [1.54, 1.807) is 6.20 Å². The fraction of sp³-hybridized carbons (Fsp3) is 0.571. The molecule has 1 aliphatic rings. The van der Waals surface area contributed by atoms with Crippen LogP contribution in [0.5, 0.6) is 0 Å². The third kappa shape index (κ3) is 2.81. The van der Waals surface area contributed by atoms with E-state index in [4.69, 9.17) is 11.1 Å². The second-order valence-electron chi connectivity index (χ2n) is 5.36. The van der Waals surface area contributed by atoms with Gasteiger partial charge in [-0.15, -0.1) is 0 Å². The lowest BCUT2D eigenvalue weighted by molar-refractivity contribution is 0.335. The van der Waals surface area contributed by atoms with Crippen molar-refractivity contribution in [2.45, 2.75) is 38.6 Å². The van der Waals surface area contributed by atoms with Crippen LogP contribution >= 0.6 is 0 Å². The molecule has 98 valence electrons. The van der Waals surface area contributed by atoms with E-state index < -0.39 is 0 Å². The molecule has 2 unspecified atom stereocenters. The molecule has 2 rings (SSSR count). The van der Waals surface area contributed by atoms with Crippen LogP contribution in [-0.2, 0) is 0 Å². The highest BCUT2D eigenvalue weighted by Gasteiger charge is 2.23. The first-order valence-electron chi connectivity index (χ1n) is 6.61. The van der Waals surface area contributed by atoms with E-state index in [9.17, 15) is 0 Å². The molecule has 0 saturated heterocycles. The Balaban J connectivity index is 2.08. The summed E-state index contributed by atoms with van der Waals surface area (Å²) >= 11 is 0.